The Hall–Kier alpha value is -1.69. The Morgan fingerprint density at radius 3 is 2.46 bits per heavy atom. The van der Waals surface area contributed by atoms with Gasteiger partial charge in [0, 0.05) is 49.3 Å². The molecule has 5 nitrogen and oxygen atoms in total. The van der Waals surface area contributed by atoms with E-state index in [2.05, 4.69) is 15.2 Å². The normalized spacial score (nSPS) is 14.9. The molecule has 1 aliphatic heterocycles. The number of nitrogens with one attached hydrogen (secondary N) is 1. The summed E-state index contributed by atoms with van der Waals surface area (Å²) >= 11 is 18.6. The lowest BCUT2D eigenvalue weighted by atomic mass is 10.2. The van der Waals surface area contributed by atoms with Crippen LogP contribution in [0.25, 0.3) is 0 Å². The Balaban J connectivity index is 1.66. The molecule has 26 heavy (non-hydrogen) atoms. The fourth-order valence-electron chi connectivity index (χ4n) is 2.92. The fourth-order valence-corrected chi connectivity index (χ4v) is 3.71. The summed E-state index contributed by atoms with van der Waals surface area (Å²) in [6, 6.07) is 5.35. The molecule has 0 bridgehead atoms. The van der Waals surface area contributed by atoms with E-state index in [0.717, 1.165) is 24.2 Å². The van der Waals surface area contributed by atoms with Gasteiger partial charge in [-0.15, -0.1) is 0 Å². The number of nitrogens with zero attached hydrogens (tertiary/aromatic N) is 3. The average molecular weight is 414 g/mol. The molecule has 0 radical (unpaired) electrons. The Kier molecular flexibility index (Phi) is 6.12. The van der Waals surface area contributed by atoms with E-state index in [9.17, 15) is 4.79 Å². The summed E-state index contributed by atoms with van der Waals surface area (Å²) in [7, 11) is 0. The summed E-state index contributed by atoms with van der Waals surface area (Å²) in [5.74, 6) is 0. The molecule has 0 atom stereocenters. The smallest absolute Gasteiger partial charge is 0.321 e. The zero-order valence-corrected chi connectivity index (χ0v) is 16.6. The number of carbonyl (C=O) groups is 1. The number of benzene rings is 1. The highest BCUT2D eigenvalue weighted by molar-refractivity contribution is 6.38. The number of pyridine rings is 1. The van der Waals surface area contributed by atoms with Gasteiger partial charge in [-0.2, -0.15) is 0 Å². The predicted molar refractivity (Wildman–Crippen MR) is 108 cm³/mol. The van der Waals surface area contributed by atoms with Gasteiger partial charge in [-0.3, -0.25) is 4.98 Å². The van der Waals surface area contributed by atoms with E-state index < -0.39 is 0 Å². The molecule has 0 unspecified atom stereocenters. The molecule has 1 fully saturated rings. The molecule has 2 heterocycles. The van der Waals surface area contributed by atoms with Crippen molar-refractivity contribution in [3.05, 3.63) is 51.2 Å². The summed E-state index contributed by atoms with van der Waals surface area (Å²) in [6.45, 7) is 4.56. The van der Waals surface area contributed by atoms with Crippen LogP contribution in [0.4, 0.5) is 16.2 Å². The van der Waals surface area contributed by atoms with Crippen LogP contribution >= 0.6 is 34.8 Å². The molecule has 1 aliphatic rings. The number of anilines is 2. The van der Waals surface area contributed by atoms with Crippen LogP contribution in [0, 0.1) is 6.92 Å². The number of aromatic nitrogens is 1. The van der Waals surface area contributed by atoms with Crippen molar-refractivity contribution < 1.29 is 4.79 Å². The van der Waals surface area contributed by atoms with Crippen molar-refractivity contribution in [2.75, 3.05) is 36.4 Å². The minimum atomic E-state index is -0.140. The number of aryl methyl sites for hydroxylation is 1. The monoisotopic (exact) mass is 412 g/mol. The lowest BCUT2D eigenvalue weighted by Crippen LogP contribution is -2.38. The zero-order valence-electron chi connectivity index (χ0n) is 14.3. The van der Waals surface area contributed by atoms with Crippen LogP contribution in [0.15, 0.2) is 30.6 Å². The molecule has 1 N–H and O–H groups in total. The first-order chi connectivity index (χ1) is 12.5. The quantitative estimate of drug-likeness (QED) is 0.745. The first kappa shape index (κ1) is 19.1. The summed E-state index contributed by atoms with van der Waals surface area (Å²) in [4.78, 5) is 20.5. The molecule has 1 aromatic heterocycles. The maximum atomic E-state index is 12.6. The topological polar surface area (TPSA) is 48.5 Å². The lowest BCUT2D eigenvalue weighted by Gasteiger charge is -2.25. The first-order valence-electron chi connectivity index (χ1n) is 8.31. The van der Waals surface area contributed by atoms with E-state index >= 15 is 0 Å². The first-order valence-corrected chi connectivity index (χ1v) is 9.45. The average Bonchev–Trinajstić information content (AvgIpc) is 2.84. The van der Waals surface area contributed by atoms with Crippen LogP contribution in [-0.4, -0.2) is 42.1 Å². The number of hydrogen-bond acceptors (Lipinski definition) is 3. The number of hydrogen-bond donors (Lipinski definition) is 1. The molecule has 138 valence electrons. The number of amides is 2. The van der Waals surface area contributed by atoms with Crippen molar-refractivity contribution in [1.29, 1.82) is 0 Å². The van der Waals surface area contributed by atoms with E-state index in [1.165, 1.54) is 0 Å². The highest BCUT2D eigenvalue weighted by atomic mass is 35.5. The van der Waals surface area contributed by atoms with Crippen molar-refractivity contribution >= 4 is 52.2 Å². The van der Waals surface area contributed by atoms with Gasteiger partial charge in [0.25, 0.3) is 0 Å². The molecule has 1 saturated heterocycles. The van der Waals surface area contributed by atoms with Gasteiger partial charge < -0.3 is 15.1 Å². The molecule has 0 aliphatic carbocycles. The van der Waals surface area contributed by atoms with E-state index in [1.54, 1.807) is 23.4 Å². The third kappa shape index (κ3) is 4.34. The van der Waals surface area contributed by atoms with E-state index in [4.69, 9.17) is 34.8 Å². The van der Waals surface area contributed by atoms with Gasteiger partial charge in [0.05, 0.1) is 15.7 Å². The summed E-state index contributed by atoms with van der Waals surface area (Å²) < 4.78 is 0. The SMILES string of the molecule is Cc1ccc(NC(=O)N2CCCN(c3c(Cl)cncc3Cl)CC2)cc1Cl. The van der Waals surface area contributed by atoms with E-state index in [0.29, 0.717) is 40.4 Å². The molecular formula is C18H19Cl3N4O. The van der Waals surface area contributed by atoms with Gasteiger partial charge in [0.15, 0.2) is 0 Å². The Morgan fingerprint density at radius 1 is 1.04 bits per heavy atom. The van der Waals surface area contributed by atoms with Crippen molar-refractivity contribution in [3.63, 3.8) is 0 Å². The maximum Gasteiger partial charge on any atom is 0.321 e. The summed E-state index contributed by atoms with van der Waals surface area (Å²) in [5.41, 5.74) is 2.43. The van der Waals surface area contributed by atoms with Crippen molar-refractivity contribution in [1.82, 2.24) is 9.88 Å². The molecule has 2 amide bonds. The molecule has 0 saturated carbocycles. The number of carbonyl (C=O) groups excluding carboxylic acids is 1. The number of urea groups is 1. The second-order valence-electron chi connectivity index (χ2n) is 6.17. The third-order valence-electron chi connectivity index (χ3n) is 4.35. The molecular weight excluding hydrogens is 395 g/mol. The van der Waals surface area contributed by atoms with Gasteiger partial charge in [0.1, 0.15) is 0 Å². The van der Waals surface area contributed by atoms with Gasteiger partial charge in [-0.05, 0) is 31.0 Å². The van der Waals surface area contributed by atoms with Gasteiger partial charge >= 0.3 is 6.03 Å². The zero-order chi connectivity index (χ0) is 18.7. The number of rotatable bonds is 2. The second-order valence-corrected chi connectivity index (χ2v) is 7.40. The standard InChI is InChI=1S/C18H19Cl3N4O/c1-12-3-4-13(9-14(12)19)23-18(26)25-6-2-5-24(7-8-25)17-15(20)10-22-11-16(17)21/h3-4,9-11H,2,5-8H2,1H3,(H,23,26). The van der Waals surface area contributed by atoms with Crippen molar-refractivity contribution in [3.8, 4) is 0 Å². The van der Waals surface area contributed by atoms with Crippen LogP contribution in [-0.2, 0) is 0 Å². The highest BCUT2D eigenvalue weighted by Crippen LogP contribution is 2.33. The maximum absolute atomic E-state index is 12.6. The molecule has 1 aromatic carbocycles. The molecule has 2 aromatic rings. The van der Waals surface area contributed by atoms with Crippen molar-refractivity contribution in [2.24, 2.45) is 0 Å². The minimum absolute atomic E-state index is 0.140. The fraction of sp³-hybridized carbons (Fsp3) is 0.333. The van der Waals surface area contributed by atoms with Gasteiger partial charge in [-0.1, -0.05) is 40.9 Å². The highest BCUT2D eigenvalue weighted by Gasteiger charge is 2.22. The van der Waals surface area contributed by atoms with E-state index in [1.807, 2.05) is 19.1 Å². The third-order valence-corrected chi connectivity index (χ3v) is 5.31. The summed E-state index contributed by atoms with van der Waals surface area (Å²) in [6.07, 6.45) is 3.98. The number of halogens is 3. The Labute approximate surface area is 167 Å². The van der Waals surface area contributed by atoms with Gasteiger partial charge in [-0.25, -0.2) is 4.79 Å². The summed E-state index contributed by atoms with van der Waals surface area (Å²) in [5, 5.41) is 4.57. The van der Waals surface area contributed by atoms with Gasteiger partial charge in [0.2, 0.25) is 0 Å². The molecule has 3 rings (SSSR count). The lowest BCUT2D eigenvalue weighted by molar-refractivity contribution is 0.215. The molecule has 8 heteroatoms. The molecule has 0 spiro atoms. The predicted octanol–water partition coefficient (Wildman–Crippen LogP) is 5.09. The van der Waals surface area contributed by atoms with Crippen molar-refractivity contribution in [2.45, 2.75) is 13.3 Å². The van der Waals surface area contributed by atoms with Crippen LogP contribution < -0.4 is 10.2 Å². The Bertz CT molecular complexity index is 795. The second kappa shape index (κ2) is 8.33. The van der Waals surface area contributed by atoms with Crippen LogP contribution in [0.1, 0.15) is 12.0 Å². The van der Waals surface area contributed by atoms with Crippen LogP contribution in [0.3, 0.4) is 0 Å². The minimum Gasteiger partial charge on any atom is -0.367 e. The van der Waals surface area contributed by atoms with E-state index in [-0.39, 0.29) is 6.03 Å². The Morgan fingerprint density at radius 2 is 1.77 bits per heavy atom. The largest absolute Gasteiger partial charge is 0.367 e. The van der Waals surface area contributed by atoms with Crippen LogP contribution in [0.5, 0.6) is 0 Å². The van der Waals surface area contributed by atoms with Crippen LogP contribution in [0.2, 0.25) is 15.1 Å².